The van der Waals surface area contributed by atoms with Crippen LogP contribution in [0.2, 0.25) is 5.02 Å². The monoisotopic (exact) mass is 370 g/mol. The van der Waals surface area contributed by atoms with E-state index in [0.717, 1.165) is 6.26 Å². The summed E-state index contributed by atoms with van der Waals surface area (Å²) < 4.78 is 38.5. The minimum Gasteiger partial charge on any atom is -0.490 e. The summed E-state index contributed by atoms with van der Waals surface area (Å²) in [5.41, 5.74) is 0. The molecule has 130 valence electrons. The van der Waals surface area contributed by atoms with E-state index in [-0.39, 0.29) is 6.61 Å². The molecule has 0 aliphatic heterocycles. The summed E-state index contributed by atoms with van der Waals surface area (Å²) in [5.74, 6) is 1.68. The Kier molecular flexibility index (Phi) is 6.48. The van der Waals surface area contributed by atoms with Crippen LogP contribution in [0.4, 0.5) is 0 Å². The van der Waals surface area contributed by atoms with Crippen LogP contribution in [0.5, 0.6) is 17.2 Å². The quantitative estimate of drug-likeness (QED) is 0.649. The lowest BCUT2D eigenvalue weighted by Crippen LogP contribution is -2.17. The van der Waals surface area contributed by atoms with Crippen LogP contribution < -0.4 is 9.47 Å². The molecule has 1 unspecified atom stereocenters. The van der Waals surface area contributed by atoms with E-state index in [1.54, 1.807) is 25.1 Å². The first-order chi connectivity index (χ1) is 11.3. The van der Waals surface area contributed by atoms with Gasteiger partial charge in [-0.3, -0.25) is 4.18 Å². The van der Waals surface area contributed by atoms with Crippen LogP contribution in [0.25, 0.3) is 0 Å². The van der Waals surface area contributed by atoms with Gasteiger partial charge in [0.15, 0.2) is 11.5 Å². The molecule has 0 bridgehead atoms. The van der Waals surface area contributed by atoms with Gasteiger partial charge in [-0.25, -0.2) is 0 Å². The van der Waals surface area contributed by atoms with Gasteiger partial charge in [-0.1, -0.05) is 29.8 Å². The predicted octanol–water partition coefficient (Wildman–Crippen LogP) is 4.27. The Morgan fingerprint density at radius 1 is 1.08 bits per heavy atom. The van der Waals surface area contributed by atoms with E-state index < -0.39 is 16.2 Å². The molecule has 0 N–H and O–H groups in total. The van der Waals surface area contributed by atoms with E-state index in [2.05, 4.69) is 0 Å². The minimum atomic E-state index is -3.47. The molecule has 0 aliphatic rings. The predicted molar refractivity (Wildman–Crippen MR) is 93.5 cm³/mol. The topological polar surface area (TPSA) is 61.8 Å². The van der Waals surface area contributed by atoms with Crippen LogP contribution in [0.3, 0.4) is 0 Å². The molecule has 0 saturated carbocycles. The second kappa shape index (κ2) is 8.37. The molecule has 5 nitrogen and oxygen atoms in total. The number of benzene rings is 2. The molecule has 2 rings (SSSR count). The number of halogens is 1. The van der Waals surface area contributed by atoms with Crippen molar-refractivity contribution in [3.8, 4) is 17.2 Å². The van der Waals surface area contributed by atoms with E-state index in [1.807, 2.05) is 30.3 Å². The molecule has 2 aromatic carbocycles. The molecule has 24 heavy (non-hydrogen) atoms. The Morgan fingerprint density at radius 2 is 1.79 bits per heavy atom. The molecule has 7 heteroatoms. The molecule has 2 aromatic rings. The average Bonchev–Trinajstić information content (AvgIpc) is 2.49. The highest BCUT2D eigenvalue weighted by Crippen LogP contribution is 2.34. The zero-order valence-corrected chi connectivity index (χ0v) is 15.0. The normalized spacial score (nSPS) is 12.6. The maximum absolute atomic E-state index is 11.1. The number of rotatable bonds is 8. The zero-order valence-electron chi connectivity index (χ0n) is 13.4. The minimum absolute atomic E-state index is 0.281. The summed E-state index contributed by atoms with van der Waals surface area (Å²) in [7, 11) is -3.47. The molecule has 1 atom stereocenters. The standard InChI is InChI=1S/C17H19ClO5S/c1-13(23-24(2,19)20)10-11-21-16-9-8-14(18)12-17(16)22-15-6-4-3-5-7-15/h3-9,12-13H,10-11H2,1-2H3. The van der Waals surface area contributed by atoms with Gasteiger partial charge in [-0.2, -0.15) is 8.42 Å². The lowest BCUT2D eigenvalue weighted by molar-refractivity contribution is 0.183. The molecule has 0 aliphatic carbocycles. The van der Waals surface area contributed by atoms with Crippen molar-refractivity contribution in [2.45, 2.75) is 19.4 Å². The van der Waals surface area contributed by atoms with E-state index in [9.17, 15) is 8.42 Å². The number of hydrogen-bond donors (Lipinski definition) is 0. The van der Waals surface area contributed by atoms with E-state index in [4.69, 9.17) is 25.3 Å². The second-order valence-electron chi connectivity index (χ2n) is 5.25. The van der Waals surface area contributed by atoms with Crippen LogP contribution in [0, 0.1) is 0 Å². The maximum Gasteiger partial charge on any atom is 0.264 e. The van der Waals surface area contributed by atoms with Crippen molar-refractivity contribution < 1.29 is 22.1 Å². The summed E-state index contributed by atoms with van der Waals surface area (Å²) >= 11 is 6.02. The Labute approximate surface area is 147 Å². The smallest absolute Gasteiger partial charge is 0.264 e. The number of ether oxygens (including phenoxy) is 2. The largest absolute Gasteiger partial charge is 0.490 e. The van der Waals surface area contributed by atoms with Crippen molar-refractivity contribution in [1.82, 2.24) is 0 Å². The van der Waals surface area contributed by atoms with Crippen LogP contribution >= 0.6 is 11.6 Å². The van der Waals surface area contributed by atoms with Crippen molar-refractivity contribution in [2.24, 2.45) is 0 Å². The molecule has 0 saturated heterocycles. The highest BCUT2D eigenvalue weighted by molar-refractivity contribution is 7.86. The number of hydrogen-bond acceptors (Lipinski definition) is 5. The van der Waals surface area contributed by atoms with Crippen LogP contribution in [-0.2, 0) is 14.3 Å². The van der Waals surface area contributed by atoms with Crippen molar-refractivity contribution in [3.05, 3.63) is 53.6 Å². The van der Waals surface area contributed by atoms with Crippen molar-refractivity contribution in [1.29, 1.82) is 0 Å². The summed E-state index contributed by atoms with van der Waals surface area (Å²) in [4.78, 5) is 0. The zero-order chi connectivity index (χ0) is 17.6. The molecule has 0 heterocycles. The van der Waals surface area contributed by atoms with E-state index >= 15 is 0 Å². The van der Waals surface area contributed by atoms with Gasteiger partial charge in [0.1, 0.15) is 5.75 Å². The second-order valence-corrected chi connectivity index (χ2v) is 7.29. The van der Waals surface area contributed by atoms with Gasteiger partial charge < -0.3 is 9.47 Å². The first-order valence-corrected chi connectivity index (χ1v) is 9.56. The van der Waals surface area contributed by atoms with Crippen molar-refractivity contribution >= 4 is 21.7 Å². The Hall–Kier alpha value is -1.76. The summed E-state index contributed by atoms with van der Waals surface area (Å²) in [5, 5.41) is 0.530. The Bertz CT molecular complexity index is 762. The van der Waals surface area contributed by atoms with Gasteiger partial charge in [0.05, 0.1) is 19.0 Å². The SMILES string of the molecule is CC(CCOc1ccc(Cl)cc1Oc1ccccc1)OS(C)(=O)=O. The highest BCUT2D eigenvalue weighted by atomic mass is 35.5. The molecule has 0 radical (unpaired) electrons. The van der Waals surface area contributed by atoms with Gasteiger partial charge in [0.2, 0.25) is 0 Å². The third-order valence-electron chi connectivity index (χ3n) is 3.00. The third kappa shape index (κ3) is 6.39. The lowest BCUT2D eigenvalue weighted by atomic mass is 10.3. The van der Waals surface area contributed by atoms with Crippen molar-refractivity contribution in [2.75, 3.05) is 12.9 Å². The van der Waals surface area contributed by atoms with Gasteiger partial charge in [0, 0.05) is 17.5 Å². The first-order valence-electron chi connectivity index (χ1n) is 7.37. The number of para-hydroxylation sites is 1. The molecule has 0 spiro atoms. The van der Waals surface area contributed by atoms with Crippen LogP contribution in [0.1, 0.15) is 13.3 Å². The Balaban J connectivity index is 2.00. The lowest BCUT2D eigenvalue weighted by Gasteiger charge is -2.15. The summed E-state index contributed by atoms with van der Waals surface area (Å²) in [6, 6.07) is 14.4. The van der Waals surface area contributed by atoms with Crippen molar-refractivity contribution in [3.63, 3.8) is 0 Å². The third-order valence-corrected chi connectivity index (χ3v) is 3.91. The van der Waals surface area contributed by atoms with E-state index in [1.165, 1.54) is 0 Å². The fourth-order valence-corrected chi connectivity index (χ4v) is 2.83. The fourth-order valence-electron chi connectivity index (χ4n) is 1.98. The highest BCUT2D eigenvalue weighted by Gasteiger charge is 2.12. The van der Waals surface area contributed by atoms with Gasteiger partial charge in [-0.05, 0) is 31.2 Å². The summed E-state index contributed by atoms with van der Waals surface area (Å²) in [6.45, 7) is 1.96. The summed E-state index contributed by atoms with van der Waals surface area (Å²) in [6.07, 6.45) is 0.973. The maximum atomic E-state index is 11.1. The van der Waals surface area contributed by atoms with Gasteiger partial charge >= 0.3 is 0 Å². The molecule has 0 fully saturated rings. The van der Waals surface area contributed by atoms with Crippen LogP contribution in [-0.4, -0.2) is 27.4 Å². The van der Waals surface area contributed by atoms with E-state index in [0.29, 0.717) is 28.7 Å². The molecular formula is C17H19ClO5S. The average molecular weight is 371 g/mol. The Morgan fingerprint density at radius 3 is 2.46 bits per heavy atom. The molecule has 0 aromatic heterocycles. The van der Waals surface area contributed by atoms with Gasteiger partial charge in [0.25, 0.3) is 10.1 Å². The van der Waals surface area contributed by atoms with Crippen LogP contribution in [0.15, 0.2) is 48.5 Å². The molecular weight excluding hydrogens is 352 g/mol. The fraction of sp³-hybridized carbons (Fsp3) is 0.294. The first kappa shape index (κ1) is 18.6. The molecule has 0 amide bonds. The van der Waals surface area contributed by atoms with Gasteiger partial charge in [-0.15, -0.1) is 0 Å².